The van der Waals surface area contributed by atoms with E-state index < -0.39 is 36.1 Å². The predicted molar refractivity (Wildman–Crippen MR) is 167 cm³/mol. The molecule has 5 rings (SSSR count). The Morgan fingerprint density at radius 3 is 2.19 bits per heavy atom. The highest BCUT2D eigenvalue weighted by atomic mass is 35.5. The van der Waals surface area contributed by atoms with Crippen molar-refractivity contribution < 1.29 is 31.1 Å². The Morgan fingerprint density at radius 2 is 1.51 bits per heavy atom. The van der Waals surface area contributed by atoms with Crippen molar-refractivity contribution in [2.24, 2.45) is 0 Å². The van der Waals surface area contributed by atoms with Crippen LogP contribution in [-0.4, -0.2) is 39.4 Å². The van der Waals surface area contributed by atoms with Crippen LogP contribution in [0.2, 0.25) is 5.02 Å². The molecule has 0 spiro atoms. The minimum atomic E-state index is -4.73. The van der Waals surface area contributed by atoms with Gasteiger partial charge in [0.2, 0.25) is 0 Å². The SMILES string of the molecule is O=C(Nc1cc(-c2ccccc2-c2nnn[nH]2)ccc1N(CCCC(F)(F)F)Cc1ccc(Cl)cc1)Nc1ccccc1C(F)(F)F. The van der Waals surface area contributed by atoms with E-state index >= 15 is 0 Å². The lowest BCUT2D eigenvalue weighted by atomic mass is 9.98. The molecule has 0 aliphatic rings. The van der Waals surface area contributed by atoms with Crippen LogP contribution in [0.15, 0.2) is 91.0 Å². The molecule has 0 atom stereocenters. The van der Waals surface area contributed by atoms with E-state index in [1.165, 1.54) is 12.1 Å². The maximum absolute atomic E-state index is 13.6. The summed E-state index contributed by atoms with van der Waals surface area (Å²) in [4.78, 5) is 14.9. The van der Waals surface area contributed by atoms with Gasteiger partial charge in [-0.15, -0.1) is 5.10 Å². The number of tetrazole rings is 1. The van der Waals surface area contributed by atoms with Gasteiger partial charge in [-0.25, -0.2) is 9.89 Å². The first-order valence-electron chi connectivity index (χ1n) is 14.2. The van der Waals surface area contributed by atoms with Gasteiger partial charge >= 0.3 is 18.4 Å². The van der Waals surface area contributed by atoms with E-state index in [9.17, 15) is 31.1 Å². The Balaban J connectivity index is 1.56. The molecule has 0 radical (unpaired) electrons. The summed E-state index contributed by atoms with van der Waals surface area (Å²) in [7, 11) is 0. The Kier molecular flexibility index (Phi) is 9.99. The number of hydrogen-bond donors (Lipinski definition) is 3. The summed E-state index contributed by atoms with van der Waals surface area (Å²) in [6.45, 7) is 0.0803. The second-order valence-corrected chi connectivity index (χ2v) is 10.9. The zero-order chi connectivity index (χ0) is 33.6. The molecule has 2 amide bonds. The van der Waals surface area contributed by atoms with Crippen LogP contribution in [0.25, 0.3) is 22.5 Å². The summed E-state index contributed by atoms with van der Waals surface area (Å²) in [5, 5.41) is 19.3. The Morgan fingerprint density at radius 1 is 0.830 bits per heavy atom. The van der Waals surface area contributed by atoms with Crippen molar-refractivity contribution in [3.63, 3.8) is 0 Å². The molecule has 4 aromatic carbocycles. The van der Waals surface area contributed by atoms with Crippen LogP contribution in [-0.2, 0) is 12.7 Å². The van der Waals surface area contributed by atoms with Crippen LogP contribution in [0.3, 0.4) is 0 Å². The lowest BCUT2D eigenvalue weighted by Crippen LogP contribution is -2.28. The van der Waals surface area contributed by atoms with Gasteiger partial charge in [-0.2, -0.15) is 26.3 Å². The van der Waals surface area contributed by atoms with Gasteiger partial charge in [0.15, 0.2) is 5.82 Å². The van der Waals surface area contributed by atoms with E-state index in [2.05, 4.69) is 31.3 Å². The van der Waals surface area contributed by atoms with Crippen molar-refractivity contribution in [2.75, 3.05) is 22.1 Å². The fraction of sp³-hybridized carbons (Fsp3) is 0.188. The number of urea groups is 1. The smallest absolute Gasteiger partial charge is 0.366 e. The molecule has 8 nitrogen and oxygen atoms in total. The largest absolute Gasteiger partial charge is 0.418 e. The maximum atomic E-state index is 13.6. The molecule has 1 heterocycles. The van der Waals surface area contributed by atoms with E-state index in [4.69, 9.17) is 11.6 Å². The third-order valence-corrected chi connectivity index (χ3v) is 7.33. The van der Waals surface area contributed by atoms with Crippen LogP contribution < -0.4 is 15.5 Å². The average Bonchev–Trinajstić information content (AvgIpc) is 3.56. The summed E-state index contributed by atoms with van der Waals surface area (Å²) < 4.78 is 80.4. The third kappa shape index (κ3) is 8.79. The number of anilines is 3. The molecule has 0 aliphatic heterocycles. The van der Waals surface area contributed by atoms with Crippen molar-refractivity contribution in [1.29, 1.82) is 0 Å². The van der Waals surface area contributed by atoms with E-state index in [0.717, 1.165) is 17.7 Å². The van der Waals surface area contributed by atoms with Crippen LogP contribution in [0.4, 0.5) is 48.2 Å². The molecule has 1 aromatic heterocycles. The maximum Gasteiger partial charge on any atom is 0.418 e. The first kappa shape index (κ1) is 33.3. The van der Waals surface area contributed by atoms with Gasteiger partial charge in [-0.1, -0.05) is 66.2 Å². The number of aromatic amines is 1. The molecule has 0 fully saturated rings. The zero-order valence-corrected chi connectivity index (χ0v) is 25.1. The number of nitrogens with one attached hydrogen (secondary N) is 3. The molecule has 3 N–H and O–H groups in total. The number of carbonyl (C=O) groups excluding carboxylic acids is 1. The first-order chi connectivity index (χ1) is 22.4. The standard InChI is InChI=1S/C32H26ClF6N7O/c33-22-13-10-20(11-14-22)19-46(17-5-16-31(34,35)36)28-15-12-21(23-6-1-2-7-24(23)29-42-44-45-43-29)18-27(28)41-30(47)40-26-9-4-3-8-25(26)32(37,38)39/h1-4,6-15,18H,5,16-17,19H2,(H2,40,41,47)(H,42,43,44,45). The molecular formula is C32H26ClF6N7O. The highest BCUT2D eigenvalue weighted by molar-refractivity contribution is 6.30. The van der Waals surface area contributed by atoms with Gasteiger partial charge < -0.3 is 15.5 Å². The van der Waals surface area contributed by atoms with Crippen LogP contribution in [0.1, 0.15) is 24.0 Å². The van der Waals surface area contributed by atoms with Gasteiger partial charge in [0.25, 0.3) is 0 Å². The van der Waals surface area contributed by atoms with Gasteiger partial charge in [0.05, 0.1) is 22.6 Å². The average molecular weight is 674 g/mol. The summed E-state index contributed by atoms with van der Waals surface area (Å²) >= 11 is 6.03. The second kappa shape index (κ2) is 14.1. The fourth-order valence-corrected chi connectivity index (χ4v) is 5.10. The zero-order valence-electron chi connectivity index (χ0n) is 24.3. The van der Waals surface area contributed by atoms with E-state index in [1.54, 1.807) is 71.6 Å². The molecule has 47 heavy (non-hydrogen) atoms. The van der Waals surface area contributed by atoms with Crippen molar-refractivity contribution in [3.8, 4) is 22.5 Å². The molecule has 0 bridgehead atoms. The number of amides is 2. The first-order valence-corrected chi connectivity index (χ1v) is 14.5. The van der Waals surface area contributed by atoms with Crippen LogP contribution in [0.5, 0.6) is 0 Å². The minimum absolute atomic E-state index is 0.0605. The number of halogens is 7. The summed E-state index contributed by atoms with van der Waals surface area (Å²) in [6.07, 6.45) is -10.4. The van der Waals surface area contributed by atoms with Crippen LogP contribution in [0, 0.1) is 0 Å². The molecule has 0 unspecified atom stereocenters. The lowest BCUT2D eigenvalue weighted by molar-refractivity contribution is -0.137. The quantitative estimate of drug-likeness (QED) is 0.128. The van der Waals surface area contributed by atoms with Gasteiger partial charge in [0.1, 0.15) is 0 Å². The monoisotopic (exact) mass is 673 g/mol. The molecule has 15 heteroatoms. The fourth-order valence-electron chi connectivity index (χ4n) is 4.97. The van der Waals surface area contributed by atoms with Gasteiger partial charge in [-0.05, 0) is 69.9 Å². The lowest BCUT2D eigenvalue weighted by Gasteiger charge is -2.28. The number of para-hydroxylation sites is 1. The molecule has 244 valence electrons. The Bertz CT molecular complexity index is 1810. The number of hydrogen-bond acceptors (Lipinski definition) is 5. The summed E-state index contributed by atoms with van der Waals surface area (Å²) in [6, 6.07) is 22.3. The Hall–Kier alpha value is -5.11. The molecule has 0 saturated heterocycles. The number of benzene rings is 4. The third-order valence-electron chi connectivity index (χ3n) is 7.08. The number of alkyl halides is 6. The Labute approximate surface area is 269 Å². The molecule has 0 saturated carbocycles. The molecule has 5 aromatic rings. The van der Waals surface area contributed by atoms with Gasteiger partial charge in [0, 0.05) is 30.1 Å². The predicted octanol–water partition coefficient (Wildman–Crippen LogP) is 9.20. The number of nitrogens with zero attached hydrogens (tertiary/aromatic N) is 4. The van der Waals surface area contributed by atoms with Crippen molar-refractivity contribution in [3.05, 3.63) is 107 Å². The van der Waals surface area contributed by atoms with E-state index in [1.807, 2.05) is 0 Å². The summed E-state index contributed by atoms with van der Waals surface area (Å²) in [5.41, 5.74) is 1.50. The normalized spacial score (nSPS) is 11.7. The number of carbonyl (C=O) groups is 1. The van der Waals surface area contributed by atoms with E-state index in [-0.39, 0.29) is 25.2 Å². The number of H-pyrrole nitrogens is 1. The topological polar surface area (TPSA) is 98.8 Å². The highest BCUT2D eigenvalue weighted by Crippen LogP contribution is 2.38. The van der Waals surface area contributed by atoms with Crippen molar-refractivity contribution in [2.45, 2.75) is 31.7 Å². The molecular weight excluding hydrogens is 648 g/mol. The van der Waals surface area contributed by atoms with Gasteiger partial charge in [-0.3, -0.25) is 0 Å². The van der Waals surface area contributed by atoms with Crippen molar-refractivity contribution in [1.82, 2.24) is 20.6 Å². The number of aromatic nitrogens is 4. The van der Waals surface area contributed by atoms with Crippen LogP contribution >= 0.6 is 11.6 Å². The summed E-state index contributed by atoms with van der Waals surface area (Å²) in [5.74, 6) is 0.359. The molecule has 0 aliphatic carbocycles. The highest BCUT2D eigenvalue weighted by Gasteiger charge is 2.33. The second-order valence-electron chi connectivity index (χ2n) is 10.4. The van der Waals surface area contributed by atoms with Crippen molar-refractivity contribution >= 4 is 34.7 Å². The van der Waals surface area contributed by atoms with E-state index in [0.29, 0.717) is 33.2 Å². The minimum Gasteiger partial charge on any atom is -0.366 e. The number of rotatable bonds is 10.